The topological polar surface area (TPSA) is 134 Å². The third-order valence-electron chi connectivity index (χ3n) is 5.07. The average Bonchev–Trinajstić information content (AvgIpc) is 2.95. The molecule has 0 spiro atoms. The first-order valence-corrected chi connectivity index (χ1v) is 10.7. The molecule has 0 unspecified atom stereocenters. The maximum absolute atomic E-state index is 12.2. The molecule has 0 radical (unpaired) electrons. The van der Waals surface area contributed by atoms with Crippen molar-refractivity contribution in [3.05, 3.63) is 33.1 Å². The molecule has 1 fully saturated rings. The summed E-state index contributed by atoms with van der Waals surface area (Å²) in [4.78, 5) is 25.7. The van der Waals surface area contributed by atoms with Crippen LogP contribution in [0.25, 0.3) is 0 Å². The van der Waals surface area contributed by atoms with E-state index in [1.807, 2.05) is 0 Å². The monoisotopic (exact) mass is 434 g/mol. The molecule has 10 heteroatoms. The van der Waals surface area contributed by atoms with Crippen molar-refractivity contribution in [3.63, 3.8) is 0 Å². The lowest BCUT2D eigenvalue weighted by atomic mass is 10.1. The van der Waals surface area contributed by atoms with Crippen LogP contribution in [0.4, 0.5) is 0 Å². The normalized spacial score (nSPS) is 26.8. The second-order valence-corrected chi connectivity index (χ2v) is 7.63. The first kappa shape index (κ1) is 24.0. The summed E-state index contributed by atoms with van der Waals surface area (Å²) in [5, 5.41) is 30.1. The predicted octanol–water partition coefficient (Wildman–Crippen LogP) is 0.636. The van der Waals surface area contributed by atoms with E-state index in [0.717, 1.165) is 55.4 Å². The van der Waals surface area contributed by atoms with Crippen molar-refractivity contribution >= 4 is 11.6 Å². The number of aliphatic hydroxyl groups is 3. The Morgan fingerprint density at radius 3 is 2.28 bits per heavy atom. The zero-order valence-electron chi connectivity index (χ0n) is 16.5. The standard InChI is InChI=1S/C19H31ClN2O7/c20-10-7-5-3-1-2-4-6-8-12-28-19(17(26)16(25)14(13-23)29-19)22-11-9-15(24)21-18(22)27/h9,11,14,16-17,23,25-26H,1-8,10,12-13H2,(H,21,24,27)/t14-,16-,17-,19-/m1/s1. The summed E-state index contributed by atoms with van der Waals surface area (Å²) in [5.41, 5.74) is -1.46. The van der Waals surface area contributed by atoms with Crippen LogP contribution in [0.5, 0.6) is 0 Å². The molecule has 4 atom stereocenters. The number of aromatic amines is 1. The van der Waals surface area contributed by atoms with Gasteiger partial charge >= 0.3 is 5.69 Å². The molecule has 4 N–H and O–H groups in total. The Morgan fingerprint density at radius 1 is 1.10 bits per heavy atom. The minimum atomic E-state index is -2.02. The Kier molecular flexibility index (Phi) is 9.81. The van der Waals surface area contributed by atoms with Gasteiger partial charge in [0.2, 0.25) is 0 Å². The lowest BCUT2D eigenvalue weighted by Gasteiger charge is -2.33. The molecule has 0 bridgehead atoms. The number of ether oxygens (including phenoxy) is 2. The molecule has 1 aliphatic heterocycles. The highest BCUT2D eigenvalue weighted by Gasteiger charge is 2.57. The van der Waals surface area contributed by atoms with Gasteiger partial charge in [-0.2, -0.15) is 0 Å². The number of H-pyrrole nitrogens is 1. The number of hydrogen-bond acceptors (Lipinski definition) is 7. The zero-order valence-corrected chi connectivity index (χ0v) is 17.2. The van der Waals surface area contributed by atoms with E-state index in [1.54, 1.807) is 0 Å². The highest BCUT2D eigenvalue weighted by Crippen LogP contribution is 2.36. The highest BCUT2D eigenvalue weighted by atomic mass is 35.5. The number of aromatic nitrogens is 2. The molecule has 1 aromatic rings. The van der Waals surface area contributed by atoms with Crippen molar-refractivity contribution in [2.75, 3.05) is 19.1 Å². The molecule has 1 saturated heterocycles. The Labute approximate surface area is 174 Å². The van der Waals surface area contributed by atoms with Crippen LogP contribution >= 0.6 is 11.6 Å². The second-order valence-electron chi connectivity index (χ2n) is 7.25. The van der Waals surface area contributed by atoms with Gasteiger partial charge in [-0.15, -0.1) is 11.6 Å². The molecule has 9 nitrogen and oxygen atoms in total. The Bertz CT molecular complexity index is 725. The number of hydrogen-bond donors (Lipinski definition) is 4. The summed E-state index contributed by atoms with van der Waals surface area (Å²) in [6.07, 6.45) is 5.15. The van der Waals surface area contributed by atoms with Crippen molar-refractivity contribution in [2.24, 2.45) is 0 Å². The molecular formula is C19H31ClN2O7. The lowest BCUT2D eigenvalue weighted by Crippen LogP contribution is -2.53. The van der Waals surface area contributed by atoms with Crippen LogP contribution in [0.1, 0.15) is 51.4 Å². The van der Waals surface area contributed by atoms with Gasteiger partial charge in [0.1, 0.15) is 12.2 Å². The zero-order chi connectivity index (χ0) is 21.3. The van der Waals surface area contributed by atoms with E-state index in [9.17, 15) is 24.9 Å². The Morgan fingerprint density at radius 2 is 1.72 bits per heavy atom. The minimum Gasteiger partial charge on any atom is -0.394 e. The fourth-order valence-electron chi connectivity index (χ4n) is 3.45. The second kappa shape index (κ2) is 11.8. The summed E-state index contributed by atoms with van der Waals surface area (Å²) >= 11 is 5.65. The number of halogens is 1. The molecule has 1 aromatic heterocycles. The molecule has 0 aromatic carbocycles. The van der Waals surface area contributed by atoms with Gasteiger partial charge in [0.15, 0.2) is 6.10 Å². The minimum absolute atomic E-state index is 0.166. The highest BCUT2D eigenvalue weighted by molar-refractivity contribution is 6.17. The number of alkyl halides is 1. The third-order valence-corrected chi connectivity index (χ3v) is 5.34. The van der Waals surface area contributed by atoms with Gasteiger partial charge in [0, 0.05) is 18.1 Å². The van der Waals surface area contributed by atoms with Crippen molar-refractivity contribution in [2.45, 2.75) is 75.6 Å². The van der Waals surface area contributed by atoms with Crippen LogP contribution in [-0.4, -0.2) is 62.3 Å². The number of nitrogens with zero attached hydrogens (tertiary/aromatic N) is 1. The van der Waals surface area contributed by atoms with Crippen LogP contribution < -0.4 is 11.2 Å². The number of aliphatic hydroxyl groups excluding tert-OH is 3. The maximum atomic E-state index is 12.2. The third kappa shape index (κ3) is 6.13. The van der Waals surface area contributed by atoms with Gasteiger partial charge in [-0.3, -0.25) is 9.78 Å². The van der Waals surface area contributed by atoms with Gasteiger partial charge in [-0.25, -0.2) is 9.36 Å². The van der Waals surface area contributed by atoms with Crippen molar-refractivity contribution < 1.29 is 24.8 Å². The van der Waals surface area contributed by atoms with Crippen LogP contribution in [0.15, 0.2) is 21.9 Å². The Hall–Kier alpha value is -1.23. The first-order chi connectivity index (χ1) is 14.0. The van der Waals surface area contributed by atoms with Gasteiger partial charge in [0.25, 0.3) is 11.5 Å². The van der Waals surface area contributed by atoms with Crippen molar-refractivity contribution in [1.29, 1.82) is 0 Å². The van der Waals surface area contributed by atoms with E-state index < -0.39 is 42.1 Å². The van der Waals surface area contributed by atoms with E-state index in [2.05, 4.69) is 4.98 Å². The largest absolute Gasteiger partial charge is 0.394 e. The molecule has 1 aliphatic rings. The molecular weight excluding hydrogens is 404 g/mol. The SMILES string of the molecule is O=c1ccn([C@]2(OCCCCCCCCCCCl)O[C@H](CO)[C@@H](O)[C@H]2O)c(=O)[nH]1. The average molecular weight is 435 g/mol. The number of unbranched alkanes of at least 4 members (excludes halogenated alkanes) is 7. The molecule has 0 aliphatic carbocycles. The van der Waals surface area contributed by atoms with E-state index >= 15 is 0 Å². The molecule has 0 amide bonds. The smallest absolute Gasteiger partial charge is 0.332 e. The van der Waals surface area contributed by atoms with E-state index in [-0.39, 0.29) is 6.61 Å². The summed E-state index contributed by atoms with van der Waals surface area (Å²) in [5.74, 6) is -1.31. The van der Waals surface area contributed by atoms with Crippen LogP contribution in [0, 0.1) is 0 Å². The fraction of sp³-hybridized carbons (Fsp3) is 0.789. The molecule has 166 valence electrons. The van der Waals surface area contributed by atoms with Crippen LogP contribution in [-0.2, 0) is 15.4 Å². The van der Waals surface area contributed by atoms with Gasteiger partial charge in [-0.1, -0.05) is 38.5 Å². The summed E-state index contributed by atoms with van der Waals surface area (Å²) < 4.78 is 12.2. The first-order valence-electron chi connectivity index (χ1n) is 10.1. The van der Waals surface area contributed by atoms with Crippen molar-refractivity contribution in [3.8, 4) is 0 Å². The van der Waals surface area contributed by atoms with E-state index in [1.165, 1.54) is 6.42 Å². The maximum Gasteiger partial charge on any atom is 0.332 e. The Balaban J connectivity index is 1.94. The van der Waals surface area contributed by atoms with Gasteiger partial charge in [0.05, 0.1) is 13.2 Å². The van der Waals surface area contributed by atoms with Crippen molar-refractivity contribution in [1.82, 2.24) is 9.55 Å². The summed E-state index contributed by atoms with van der Waals surface area (Å²) in [7, 11) is 0. The van der Waals surface area contributed by atoms with Gasteiger partial charge in [-0.05, 0) is 12.8 Å². The molecule has 2 rings (SSSR count). The fourth-order valence-corrected chi connectivity index (χ4v) is 3.64. The molecule has 2 heterocycles. The van der Waals surface area contributed by atoms with Gasteiger partial charge < -0.3 is 24.8 Å². The quantitative estimate of drug-likeness (QED) is 0.264. The lowest BCUT2D eigenvalue weighted by molar-refractivity contribution is -0.318. The number of nitrogens with one attached hydrogen (secondary N) is 1. The van der Waals surface area contributed by atoms with E-state index in [4.69, 9.17) is 21.1 Å². The number of rotatable bonds is 13. The molecule has 0 saturated carbocycles. The molecule has 29 heavy (non-hydrogen) atoms. The summed E-state index contributed by atoms with van der Waals surface area (Å²) in [6.45, 7) is -0.398. The van der Waals surface area contributed by atoms with E-state index in [0.29, 0.717) is 12.3 Å². The van der Waals surface area contributed by atoms with Crippen LogP contribution in [0.3, 0.4) is 0 Å². The summed E-state index contributed by atoms with van der Waals surface area (Å²) in [6, 6.07) is 1.09. The predicted molar refractivity (Wildman–Crippen MR) is 107 cm³/mol. The van der Waals surface area contributed by atoms with Crippen LogP contribution in [0.2, 0.25) is 0 Å².